The van der Waals surface area contributed by atoms with Gasteiger partial charge in [-0.25, -0.2) is 0 Å². The van der Waals surface area contributed by atoms with Gasteiger partial charge in [0.1, 0.15) is 0 Å². The zero-order valence-electron chi connectivity index (χ0n) is 9.86. The van der Waals surface area contributed by atoms with E-state index in [4.69, 9.17) is 5.11 Å². The molecule has 3 heteroatoms. The van der Waals surface area contributed by atoms with Crippen LogP contribution in [0.5, 0.6) is 0 Å². The summed E-state index contributed by atoms with van der Waals surface area (Å²) in [5, 5.41) is 11.8. The molecule has 0 bridgehead atoms. The highest BCUT2D eigenvalue weighted by Crippen LogP contribution is 2.07. The van der Waals surface area contributed by atoms with Crippen molar-refractivity contribution in [3.8, 4) is 0 Å². The van der Waals surface area contributed by atoms with E-state index in [1.165, 1.54) is 0 Å². The third-order valence-electron chi connectivity index (χ3n) is 2.69. The van der Waals surface area contributed by atoms with Crippen LogP contribution in [-0.2, 0) is 11.2 Å². The fourth-order valence-electron chi connectivity index (χ4n) is 1.54. The first kappa shape index (κ1) is 12.7. The minimum atomic E-state index is -0.128. The lowest BCUT2D eigenvalue weighted by molar-refractivity contribution is -0.121. The standard InChI is InChI=1S/C13H19NO2/c1-3-12(9-15)14-13(16)8-11-7-5-4-6-10(11)2/h4-7,12,15H,3,8-9H2,1-2H3,(H,14,16)/t12-/m1/s1. The maximum absolute atomic E-state index is 11.7. The summed E-state index contributed by atoms with van der Waals surface area (Å²) in [6.07, 6.45) is 1.12. The molecule has 0 unspecified atom stereocenters. The van der Waals surface area contributed by atoms with Gasteiger partial charge in [-0.2, -0.15) is 0 Å². The lowest BCUT2D eigenvalue weighted by Gasteiger charge is -2.14. The first-order chi connectivity index (χ1) is 7.67. The van der Waals surface area contributed by atoms with Gasteiger partial charge in [0.25, 0.3) is 0 Å². The average Bonchev–Trinajstić information content (AvgIpc) is 2.29. The number of aryl methyl sites for hydroxylation is 1. The van der Waals surface area contributed by atoms with Crippen molar-refractivity contribution in [3.63, 3.8) is 0 Å². The number of benzene rings is 1. The van der Waals surface area contributed by atoms with Gasteiger partial charge in [-0.05, 0) is 24.5 Å². The van der Waals surface area contributed by atoms with Gasteiger partial charge in [0.15, 0.2) is 0 Å². The largest absolute Gasteiger partial charge is 0.394 e. The molecule has 1 amide bonds. The molecule has 0 saturated heterocycles. The molecule has 1 aromatic rings. The van der Waals surface area contributed by atoms with Gasteiger partial charge < -0.3 is 10.4 Å². The number of hydrogen-bond donors (Lipinski definition) is 2. The predicted octanol–water partition coefficient (Wildman–Crippen LogP) is 1.42. The zero-order chi connectivity index (χ0) is 12.0. The monoisotopic (exact) mass is 221 g/mol. The highest BCUT2D eigenvalue weighted by atomic mass is 16.3. The highest BCUT2D eigenvalue weighted by Gasteiger charge is 2.10. The van der Waals surface area contributed by atoms with E-state index in [2.05, 4.69) is 5.32 Å². The quantitative estimate of drug-likeness (QED) is 0.790. The van der Waals surface area contributed by atoms with Crippen LogP contribution in [0.15, 0.2) is 24.3 Å². The Morgan fingerprint density at radius 2 is 2.12 bits per heavy atom. The van der Waals surface area contributed by atoms with Crippen LogP contribution in [-0.4, -0.2) is 23.7 Å². The first-order valence-corrected chi connectivity index (χ1v) is 5.62. The molecule has 0 saturated carbocycles. The van der Waals surface area contributed by atoms with Crippen molar-refractivity contribution in [2.24, 2.45) is 0 Å². The van der Waals surface area contributed by atoms with E-state index in [0.717, 1.165) is 17.5 Å². The lowest BCUT2D eigenvalue weighted by atomic mass is 10.1. The molecule has 0 spiro atoms. The van der Waals surface area contributed by atoms with Crippen molar-refractivity contribution in [1.29, 1.82) is 0 Å². The number of nitrogens with one attached hydrogen (secondary N) is 1. The van der Waals surface area contributed by atoms with Gasteiger partial charge in [0.05, 0.1) is 19.1 Å². The Balaban J connectivity index is 2.55. The maximum Gasteiger partial charge on any atom is 0.224 e. The molecule has 1 aromatic carbocycles. The number of amides is 1. The Bertz CT molecular complexity index is 346. The van der Waals surface area contributed by atoms with E-state index in [9.17, 15) is 4.79 Å². The second-order valence-electron chi connectivity index (χ2n) is 3.96. The first-order valence-electron chi connectivity index (χ1n) is 5.62. The van der Waals surface area contributed by atoms with E-state index in [1.807, 2.05) is 38.1 Å². The molecule has 1 rings (SSSR count). The molecule has 0 heterocycles. The van der Waals surface area contributed by atoms with Crippen LogP contribution in [0.3, 0.4) is 0 Å². The summed E-state index contributed by atoms with van der Waals surface area (Å²) in [5.41, 5.74) is 2.16. The molecular formula is C13H19NO2. The van der Waals surface area contributed by atoms with Crippen LogP contribution in [0.4, 0.5) is 0 Å². The lowest BCUT2D eigenvalue weighted by Crippen LogP contribution is -2.37. The molecule has 0 aliphatic heterocycles. The molecule has 0 radical (unpaired) electrons. The van der Waals surface area contributed by atoms with Crippen molar-refractivity contribution in [3.05, 3.63) is 35.4 Å². The van der Waals surface area contributed by atoms with Crippen LogP contribution < -0.4 is 5.32 Å². The number of aliphatic hydroxyl groups excluding tert-OH is 1. The summed E-state index contributed by atoms with van der Waals surface area (Å²) in [6.45, 7) is 3.93. The minimum absolute atomic E-state index is 0.00396. The minimum Gasteiger partial charge on any atom is -0.394 e. The van der Waals surface area contributed by atoms with Gasteiger partial charge in [-0.3, -0.25) is 4.79 Å². The molecule has 88 valence electrons. The van der Waals surface area contributed by atoms with Gasteiger partial charge in [0.2, 0.25) is 5.91 Å². The molecule has 3 nitrogen and oxygen atoms in total. The summed E-state index contributed by atoms with van der Waals surface area (Å²) >= 11 is 0. The van der Waals surface area contributed by atoms with Crippen LogP contribution in [0.1, 0.15) is 24.5 Å². The third kappa shape index (κ3) is 3.66. The van der Waals surface area contributed by atoms with Gasteiger partial charge in [-0.1, -0.05) is 31.2 Å². The Labute approximate surface area is 96.5 Å². The SMILES string of the molecule is CC[C@H](CO)NC(=O)Cc1ccccc1C. The van der Waals surface area contributed by atoms with Crippen molar-refractivity contribution >= 4 is 5.91 Å². The summed E-state index contributed by atoms with van der Waals surface area (Å²) in [4.78, 5) is 11.7. The number of carbonyl (C=O) groups excluding carboxylic acids is 1. The molecule has 0 fully saturated rings. The summed E-state index contributed by atoms with van der Waals surface area (Å²) in [6, 6.07) is 7.70. The van der Waals surface area contributed by atoms with Gasteiger partial charge >= 0.3 is 0 Å². The summed E-state index contributed by atoms with van der Waals surface area (Å²) in [5.74, 6) is -0.0322. The number of carbonyl (C=O) groups is 1. The maximum atomic E-state index is 11.7. The van der Waals surface area contributed by atoms with E-state index in [1.54, 1.807) is 0 Å². The van der Waals surface area contributed by atoms with E-state index in [0.29, 0.717) is 6.42 Å². The van der Waals surface area contributed by atoms with Crippen molar-refractivity contribution in [1.82, 2.24) is 5.32 Å². The van der Waals surface area contributed by atoms with Crippen LogP contribution in [0, 0.1) is 6.92 Å². The zero-order valence-corrected chi connectivity index (χ0v) is 9.86. The summed E-state index contributed by atoms with van der Waals surface area (Å²) < 4.78 is 0. The van der Waals surface area contributed by atoms with Crippen LogP contribution >= 0.6 is 0 Å². The van der Waals surface area contributed by atoms with E-state index < -0.39 is 0 Å². The van der Waals surface area contributed by atoms with Gasteiger partial charge in [-0.15, -0.1) is 0 Å². The molecular weight excluding hydrogens is 202 g/mol. The molecule has 0 aromatic heterocycles. The molecule has 16 heavy (non-hydrogen) atoms. The molecule has 0 aliphatic rings. The Kier molecular flexibility index (Phi) is 4.99. The molecule has 1 atom stereocenters. The second-order valence-corrected chi connectivity index (χ2v) is 3.96. The van der Waals surface area contributed by atoms with E-state index >= 15 is 0 Å². The third-order valence-corrected chi connectivity index (χ3v) is 2.69. The van der Waals surface area contributed by atoms with Gasteiger partial charge in [0, 0.05) is 0 Å². The van der Waals surface area contributed by atoms with Crippen LogP contribution in [0.2, 0.25) is 0 Å². The normalized spacial score (nSPS) is 12.2. The Morgan fingerprint density at radius 3 is 2.69 bits per heavy atom. The van der Waals surface area contributed by atoms with Crippen molar-refractivity contribution in [2.45, 2.75) is 32.7 Å². The van der Waals surface area contributed by atoms with E-state index in [-0.39, 0.29) is 18.6 Å². The summed E-state index contributed by atoms with van der Waals surface area (Å²) in [7, 11) is 0. The molecule has 0 aliphatic carbocycles. The van der Waals surface area contributed by atoms with Crippen molar-refractivity contribution in [2.75, 3.05) is 6.61 Å². The number of rotatable bonds is 5. The smallest absolute Gasteiger partial charge is 0.224 e. The Hall–Kier alpha value is -1.35. The number of hydrogen-bond acceptors (Lipinski definition) is 2. The Morgan fingerprint density at radius 1 is 1.44 bits per heavy atom. The predicted molar refractivity (Wildman–Crippen MR) is 64.2 cm³/mol. The fraction of sp³-hybridized carbons (Fsp3) is 0.462. The number of aliphatic hydroxyl groups is 1. The molecule has 2 N–H and O–H groups in total. The highest BCUT2D eigenvalue weighted by molar-refractivity contribution is 5.79. The second kappa shape index (κ2) is 6.28. The average molecular weight is 221 g/mol. The fourth-order valence-corrected chi connectivity index (χ4v) is 1.54. The topological polar surface area (TPSA) is 49.3 Å². The van der Waals surface area contributed by atoms with Crippen LogP contribution in [0.25, 0.3) is 0 Å². The van der Waals surface area contributed by atoms with Crippen molar-refractivity contribution < 1.29 is 9.90 Å².